The predicted octanol–water partition coefficient (Wildman–Crippen LogP) is 3.94. The lowest BCUT2D eigenvalue weighted by Crippen LogP contribution is -2.04. The van der Waals surface area contributed by atoms with E-state index >= 15 is 0 Å². The summed E-state index contributed by atoms with van der Waals surface area (Å²) in [6.07, 6.45) is 0. The van der Waals surface area contributed by atoms with Crippen LogP contribution in [0.3, 0.4) is 0 Å². The molecule has 0 radical (unpaired) electrons. The number of hydrogen-bond donors (Lipinski definition) is 1. The molecule has 0 aliphatic heterocycles. The first kappa shape index (κ1) is 15.5. The Balaban J connectivity index is 0.00000180. The molecule has 0 fully saturated rings. The molecule has 0 spiro atoms. The van der Waals surface area contributed by atoms with E-state index in [-0.39, 0.29) is 24.3 Å². The Labute approximate surface area is 118 Å². The number of nitrogens with two attached hydrogens (primary N) is 1. The SMILES string of the molecule is COc1cc(F)ccc1-c1ccc([C@@H](C)N)cc1.Cl. The third kappa shape index (κ3) is 3.46. The molecule has 2 N–H and O–H groups in total. The lowest BCUT2D eigenvalue weighted by molar-refractivity contribution is 0.413. The van der Waals surface area contributed by atoms with Crippen molar-refractivity contribution in [2.24, 2.45) is 5.73 Å². The highest BCUT2D eigenvalue weighted by atomic mass is 35.5. The molecule has 2 nitrogen and oxygen atoms in total. The van der Waals surface area contributed by atoms with E-state index in [1.165, 1.54) is 19.2 Å². The van der Waals surface area contributed by atoms with Crippen molar-refractivity contribution in [2.45, 2.75) is 13.0 Å². The standard InChI is InChI=1S/C15H16FNO.ClH/c1-10(17)11-3-5-12(6-4-11)14-8-7-13(16)9-15(14)18-2;/h3-10H,17H2,1-2H3;1H/t10-;/m1./s1. The van der Waals surface area contributed by atoms with Crippen LogP contribution in [0.25, 0.3) is 11.1 Å². The Morgan fingerprint density at radius 1 is 1.11 bits per heavy atom. The zero-order valence-corrected chi connectivity index (χ0v) is 11.7. The molecule has 0 saturated heterocycles. The number of hydrogen-bond acceptors (Lipinski definition) is 2. The van der Waals surface area contributed by atoms with Crippen LogP contribution in [-0.4, -0.2) is 7.11 Å². The molecule has 102 valence electrons. The van der Waals surface area contributed by atoms with E-state index in [0.717, 1.165) is 16.7 Å². The Morgan fingerprint density at radius 3 is 2.26 bits per heavy atom. The van der Waals surface area contributed by atoms with E-state index in [2.05, 4.69) is 0 Å². The monoisotopic (exact) mass is 281 g/mol. The van der Waals surface area contributed by atoms with Gasteiger partial charge in [0, 0.05) is 17.7 Å². The van der Waals surface area contributed by atoms with Crippen molar-refractivity contribution in [1.82, 2.24) is 0 Å². The average Bonchev–Trinajstić information content (AvgIpc) is 2.38. The minimum atomic E-state index is -0.303. The molecule has 0 heterocycles. The first-order chi connectivity index (χ1) is 8.61. The maximum absolute atomic E-state index is 13.1. The fourth-order valence-corrected chi connectivity index (χ4v) is 1.87. The predicted molar refractivity (Wildman–Crippen MR) is 78.2 cm³/mol. The highest BCUT2D eigenvalue weighted by Gasteiger charge is 2.07. The summed E-state index contributed by atoms with van der Waals surface area (Å²) in [5.74, 6) is 0.228. The molecule has 0 unspecified atom stereocenters. The second kappa shape index (κ2) is 6.55. The molecular formula is C15H17ClFNO. The van der Waals surface area contributed by atoms with Gasteiger partial charge in [0.1, 0.15) is 11.6 Å². The highest BCUT2D eigenvalue weighted by Crippen LogP contribution is 2.31. The number of ether oxygens (including phenoxy) is 1. The van der Waals surface area contributed by atoms with Crippen molar-refractivity contribution in [3.05, 3.63) is 53.8 Å². The average molecular weight is 282 g/mol. The second-order valence-corrected chi connectivity index (χ2v) is 4.26. The van der Waals surface area contributed by atoms with Gasteiger partial charge in [-0.3, -0.25) is 0 Å². The summed E-state index contributed by atoms with van der Waals surface area (Å²) in [5, 5.41) is 0. The van der Waals surface area contributed by atoms with E-state index in [9.17, 15) is 4.39 Å². The Morgan fingerprint density at radius 2 is 1.74 bits per heavy atom. The fraction of sp³-hybridized carbons (Fsp3) is 0.200. The van der Waals surface area contributed by atoms with Gasteiger partial charge < -0.3 is 10.5 Å². The van der Waals surface area contributed by atoms with Crippen LogP contribution in [0.5, 0.6) is 5.75 Å². The van der Waals surface area contributed by atoms with Gasteiger partial charge in [0.2, 0.25) is 0 Å². The van der Waals surface area contributed by atoms with Gasteiger partial charge in [-0.25, -0.2) is 4.39 Å². The van der Waals surface area contributed by atoms with Crippen molar-refractivity contribution >= 4 is 12.4 Å². The summed E-state index contributed by atoms with van der Waals surface area (Å²) in [5.41, 5.74) is 8.73. The molecule has 0 aromatic heterocycles. The van der Waals surface area contributed by atoms with Gasteiger partial charge in [-0.2, -0.15) is 0 Å². The third-order valence-electron chi connectivity index (χ3n) is 2.91. The Hall–Kier alpha value is -1.58. The maximum atomic E-state index is 13.1. The molecule has 2 aromatic rings. The second-order valence-electron chi connectivity index (χ2n) is 4.26. The third-order valence-corrected chi connectivity index (χ3v) is 2.91. The molecule has 0 saturated carbocycles. The van der Waals surface area contributed by atoms with Gasteiger partial charge >= 0.3 is 0 Å². The molecule has 2 rings (SSSR count). The van der Waals surface area contributed by atoms with Crippen LogP contribution in [0.4, 0.5) is 4.39 Å². The first-order valence-electron chi connectivity index (χ1n) is 5.81. The van der Waals surface area contributed by atoms with Gasteiger partial charge in [0.15, 0.2) is 0 Å². The van der Waals surface area contributed by atoms with E-state index in [1.54, 1.807) is 6.07 Å². The molecule has 1 atom stereocenters. The molecule has 0 bridgehead atoms. The fourth-order valence-electron chi connectivity index (χ4n) is 1.87. The molecule has 0 aliphatic rings. The molecule has 19 heavy (non-hydrogen) atoms. The minimum absolute atomic E-state index is 0. The first-order valence-corrected chi connectivity index (χ1v) is 5.81. The van der Waals surface area contributed by atoms with Crippen molar-refractivity contribution in [3.8, 4) is 16.9 Å². The minimum Gasteiger partial charge on any atom is -0.496 e. The van der Waals surface area contributed by atoms with E-state index in [1.807, 2.05) is 31.2 Å². The van der Waals surface area contributed by atoms with E-state index in [0.29, 0.717) is 5.75 Å². The molecule has 0 aliphatic carbocycles. The summed E-state index contributed by atoms with van der Waals surface area (Å²) < 4.78 is 18.3. The van der Waals surface area contributed by atoms with Crippen LogP contribution in [0.15, 0.2) is 42.5 Å². The van der Waals surface area contributed by atoms with Crippen molar-refractivity contribution in [3.63, 3.8) is 0 Å². The van der Waals surface area contributed by atoms with Crippen molar-refractivity contribution in [2.75, 3.05) is 7.11 Å². The summed E-state index contributed by atoms with van der Waals surface area (Å²) in [7, 11) is 1.54. The number of benzene rings is 2. The van der Waals surface area contributed by atoms with Gasteiger partial charge in [0.25, 0.3) is 0 Å². The Bertz CT molecular complexity index is 540. The van der Waals surface area contributed by atoms with Crippen LogP contribution in [-0.2, 0) is 0 Å². The quantitative estimate of drug-likeness (QED) is 0.925. The van der Waals surface area contributed by atoms with Gasteiger partial charge in [0.05, 0.1) is 7.11 Å². The Kier molecular flexibility index (Phi) is 5.33. The number of rotatable bonds is 3. The van der Waals surface area contributed by atoms with Gasteiger partial charge in [-0.15, -0.1) is 12.4 Å². The lowest BCUT2D eigenvalue weighted by Gasteiger charge is -2.10. The number of methoxy groups -OCH3 is 1. The largest absolute Gasteiger partial charge is 0.496 e. The summed E-state index contributed by atoms with van der Waals surface area (Å²) in [4.78, 5) is 0. The van der Waals surface area contributed by atoms with Crippen LogP contribution in [0.2, 0.25) is 0 Å². The van der Waals surface area contributed by atoms with Crippen LogP contribution in [0, 0.1) is 5.82 Å². The highest BCUT2D eigenvalue weighted by molar-refractivity contribution is 5.85. The summed E-state index contributed by atoms with van der Waals surface area (Å²) in [6.45, 7) is 1.94. The van der Waals surface area contributed by atoms with Crippen molar-refractivity contribution < 1.29 is 9.13 Å². The van der Waals surface area contributed by atoms with E-state index < -0.39 is 0 Å². The zero-order chi connectivity index (χ0) is 13.1. The normalized spacial score (nSPS) is 11.6. The van der Waals surface area contributed by atoms with E-state index in [4.69, 9.17) is 10.5 Å². The van der Waals surface area contributed by atoms with Gasteiger partial charge in [-0.1, -0.05) is 24.3 Å². The molecule has 4 heteroatoms. The molecule has 0 amide bonds. The molecular weight excluding hydrogens is 265 g/mol. The van der Waals surface area contributed by atoms with Crippen LogP contribution < -0.4 is 10.5 Å². The van der Waals surface area contributed by atoms with Crippen LogP contribution >= 0.6 is 12.4 Å². The summed E-state index contributed by atoms with van der Waals surface area (Å²) >= 11 is 0. The lowest BCUT2D eigenvalue weighted by atomic mass is 10.0. The topological polar surface area (TPSA) is 35.2 Å². The molecule has 2 aromatic carbocycles. The zero-order valence-electron chi connectivity index (χ0n) is 10.9. The van der Waals surface area contributed by atoms with Crippen LogP contribution in [0.1, 0.15) is 18.5 Å². The summed E-state index contributed by atoms with van der Waals surface area (Å²) in [6, 6.07) is 12.4. The maximum Gasteiger partial charge on any atom is 0.129 e. The van der Waals surface area contributed by atoms with Gasteiger partial charge in [-0.05, 0) is 30.2 Å². The van der Waals surface area contributed by atoms with Crippen molar-refractivity contribution in [1.29, 1.82) is 0 Å². The number of halogens is 2. The smallest absolute Gasteiger partial charge is 0.129 e.